The van der Waals surface area contributed by atoms with Gasteiger partial charge in [-0.2, -0.15) is 10.1 Å². The highest BCUT2D eigenvalue weighted by atomic mass is 16.2. The molecular formula is C20H26N2O. The van der Waals surface area contributed by atoms with E-state index >= 15 is 0 Å². The quantitative estimate of drug-likeness (QED) is 0.614. The summed E-state index contributed by atoms with van der Waals surface area (Å²) in [5, 5.41) is 6.09. The summed E-state index contributed by atoms with van der Waals surface area (Å²) >= 11 is 0. The van der Waals surface area contributed by atoms with E-state index in [0.29, 0.717) is 12.8 Å². The number of rotatable bonds is 8. The number of anilines is 1. The van der Waals surface area contributed by atoms with Crippen LogP contribution in [-0.2, 0) is 4.79 Å². The second-order valence-electron chi connectivity index (χ2n) is 6.24. The van der Waals surface area contributed by atoms with E-state index < -0.39 is 5.41 Å². The molecule has 0 aromatic heterocycles. The lowest BCUT2D eigenvalue weighted by molar-refractivity contribution is -0.123. The van der Waals surface area contributed by atoms with Gasteiger partial charge in [-0.05, 0) is 44.7 Å². The van der Waals surface area contributed by atoms with E-state index in [2.05, 4.69) is 25.2 Å². The Hall–Kier alpha value is -2.16. The van der Waals surface area contributed by atoms with Crippen LogP contribution in [0, 0.1) is 5.41 Å². The molecular weight excluding hydrogens is 284 g/mol. The molecule has 0 fully saturated rings. The Labute approximate surface area is 139 Å². The first-order chi connectivity index (χ1) is 11.0. The minimum atomic E-state index is -0.623. The Kier molecular flexibility index (Phi) is 5.54. The van der Waals surface area contributed by atoms with E-state index in [1.807, 2.05) is 43.3 Å². The number of hydrazone groups is 1. The van der Waals surface area contributed by atoms with E-state index in [9.17, 15) is 4.79 Å². The van der Waals surface area contributed by atoms with Gasteiger partial charge in [0.25, 0.3) is 5.91 Å². The van der Waals surface area contributed by atoms with Crippen LogP contribution in [0.5, 0.6) is 0 Å². The van der Waals surface area contributed by atoms with Gasteiger partial charge in [-0.15, -0.1) is 6.58 Å². The number of para-hydroxylation sites is 1. The molecule has 0 radical (unpaired) electrons. The molecule has 0 saturated carbocycles. The second-order valence-corrected chi connectivity index (χ2v) is 6.24. The van der Waals surface area contributed by atoms with E-state index in [1.54, 1.807) is 0 Å². The molecule has 1 atom stereocenters. The number of carbonyl (C=O) groups excluding carboxylic acids is 1. The summed E-state index contributed by atoms with van der Waals surface area (Å²) in [7, 11) is 0. The number of carbonyl (C=O) groups is 1. The van der Waals surface area contributed by atoms with Gasteiger partial charge in [-0.3, -0.25) is 4.79 Å². The smallest absolute Gasteiger partial charge is 0.259 e. The van der Waals surface area contributed by atoms with Gasteiger partial charge in [0.2, 0.25) is 0 Å². The lowest BCUT2D eigenvalue weighted by Gasteiger charge is -2.28. The summed E-state index contributed by atoms with van der Waals surface area (Å²) < 4.78 is 0. The van der Waals surface area contributed by atoms with Gasteiger partial charge in [0.05, 0.1) is 16.8 Å². The standard InChI is InChI=1S/C20H26N2O/c1-5-7-11-16(3)15-20(14-6-2)17(4)21-22(19(20)23)18-12-9-8-10-13-18/h6,8-10,12-13H,2-3,5,7,11,14-15H2,1,4H3. The number of nitrogens with zero attached hydrogens (tertiary/aromatic N) is 2. The SMILES string of the molecule is C=CCC1(CC(=C)CCCC)C(=O)N(c2ccccc2)N=C1C. The number of hydrogen-bond acceptors (Lipinski definition) is 2. The van der Waals surface area contributed by atoms with Crippen molar-refractivity contribution in [3.05, 3.63) is 55.1 Å². The Balaban J connectivity index is 2.29. The summed E-state index contributed by atoms with van der Waals surface area (Å²) in [5.41, 5.74) is 2.15. The highest BCUT2D eigenvalue weighted by Gasteiger charge is 2.48. The molecule has 1 aromatic carbocycles. The average Bonchev–Trinajstić information content (AvgIpc) is 2.79. The number of benzene rings is 1. The molecule has 1 unspecified atom stereocenters. The minimum absolute atomic E-state index is 0.0266. The number of allylic oxidation sites excluding steroid dienone is 2. The first kappa shape index (κ1) is 17.2. The maximum Gasteiger partial charge on any atom is 0.259 e. The van der Waals surface area contributed by atoms with Crippen molar-refractivity contribution in [2.75, 3.05) is 5.01 Å². The number of hydrogen-bond donors (Lipinski definition) is 0. The largest absolute Gasteiger partial charge is 0.271 e. The molecule has 0 aliphatic carbocycles. The molecule has 0 saturated heterocycles. The van der Waals surface area contributed by atoms with Crippen molar-refractivity contribution in [1.29, 1.82) is 0 Å². The molecule has 0 N–H and O–H groups in total. The van der Waals surface area contributed by atoms with Crippen LogP contribution in [-0.4, -0.2) is 11.6 Å². The van der Waals surface area contributed by atoms with Crippen molar-refractivity contribution < 1.29 is 4.79 Å². The van der Waals surface area contributed by atoms with Crippen molar-refractivity contribution >= 4 is 17.3 Å². The van der Waals surface area contributed by atoms with Gasteiger partial charge >= 0.3 is 0 Å². The molecule has 122 valence electrons. The van der Waals surface area contributed by atoms with Crippen LogP contribution in [0.15, 0.2) is 60.2 Å². The fourth-order valence-electron chi connectivity index (χ4n) is 3.09. The minimum Gasteiger partial charge on any atom is -0.271 e. The van der Waals surface area contributed by atoms with Crippen LogP contribution < -0.4 is 5.01 Å². The molecule has 0 bridgehead atoms. The molecule has 1 aromatic rings. The predicted molar refractivity (Wildman–Crippen MR) is 97.6 cm³/mol. The predicted octanol–water partition coefficient (Wildman–Crippen LogP) is 5.11. The molecule has 3 nitrogen and oxygen atoms in total. The van der Waals surface area contributed by atoms with Crippen molar-refractivity contribution in [3.63, 3.8) is 0 Å². The Bertz CT molecular complexity index is 618. The molecule has 0 spiro atoms. The number of unbranched alkanes of at least 4 members (excludes halogenated alkanes) is 1. The normalized spacial score (nSPS) is 20.5. The first-order valence-electron chi connectivity index (χ1n) is 8.28. The lowest BCUT2D eigenvalue weighted by Crippen LogP contribution is -2.39. The average molecular weight is 310 g/mol. The van der Waals surface area contributed by atoms with E-state index in [1.165, 1.54) is 5.01 Å². The highest BCUT2D eigenvalue weighted by molar-refractivity contribution is 6.18. The summed E-state index contributed by atoms with van der Waals surface area (Å²) in [6, 6.07) is 9.58. The molecule has 1 heterocycles. The first-order valence-corrected chi connectivity index (χ1v) is 8.28. The van der Waals surface area contributed by atoms with Gasteiger partial charge in [-0.1, -0.05) is 49.8 Å². The van der Waals surface area contributed by atoms with Crippen LogP contribution >= 0.6 is 0 Å². The van der Waals surface area contributed by atoms with E-state index in [-0.39, 0.29) is 5.91 Å². The van der Waals surface area contributed by atoms with Crippen LogP contribution in [0.3, 0.4) is 0 Å². The molecule has 1 aliphatic rings. The van der Waals surface area contributed by atoms with Crippen LogP contribution in [0.4, 0.5) is 5.69 Å². The molecule has 23 heavy (non-hydrogen) atoms. The molecule has 1 amide bonds. The van der Waals surface area contributed by atoms with Crippen molar-refractivity contribution in [1.82, 2.24) is 0 Å². The van der Waals surface area contributed by atoms with E-state index in [4.69, 9.17) is 0 Å². The van der Waals surface area contributed by atoms with E-state index in [0.717, 1.165) is 36.2 Å². The van der Waals surface area contributed by atoms with Crippen LogP contribution in [0.25, 0.3) is 0 Å². The van der Waals surface area contributed by atoms with Gasteiger partial charge in [-0.25, -0.2) is 0 Å². The highest BCUT2D eigenvalue weighted by Crippen LogP contribution is 2.41. The van der Waals surface area contributed by atoms with Crippen LogP contribution in [0.2, 0.25) is 0 Å². The Morgan fingerprint density at radius 1 is 1.35 bits per heavy atom. The monoisotopic (exact) mass is 310 g/mol. The zero-order valence-electron chi connectivity index (χ0n) is 14.2. The van der Waals surface area contributed by atoms with Crippen molar-refractivity contribution in [2.45, 2.75) is 46.0 Å². The summed E-state index contributed by atoms with van der Waals surface area (Å²) in [6.45, 7) is 12.1. The fraction of sp³-hybridized carbons (Fsp3) is 0.400. The molecule has 3 heteroatoms. The van der Waals surface area contributed by atoms with Crippen molar-refractivity contribution in [2.24, 2.45) is 10.5 Å². The fourth-order valence-corrected chi connectivity index (χ4v) is 3.09. The zero-order chi connectivity index (χ0) is 16.9. The maximum absolute atomic E-state index is 13.2. The van der Waals surface area contributed by atoms with Crippen molar-refractivity contribution in [3.8, 4) is 0 Å². The third-order valence-corrected chi connectivity index (χ3v) is 4.47. The third-order valence-electron chi connectivity index (χ3n) is 4.47. The van der Waals surface area contributed by atoms with Gasteiger partial charge in [0.15, 0.2) is 0 Å². The van der Waals surface area contributed by atoms with Gasteiger partial charge in [0.1, 0.15) is 0 Å². The number of amides is 1. The summed E-state index contributed by atoms with van der Waals surface area (Å²) in [4.78, 5) is 13.2. The topological polar surface area (TPSA) is 32.7 Å². The third kappa shape index (κ3) is 3.44. The lowest BCUT2D eigenvalue weighted by atomic mass is 9.74. The molecule has 2 rings (SSSR count). The summed E-state index contributed by atoms with van der Waals surface area (Å²) in [5.74, 6) is 0.0266. The Morgan fingerprint density at radius 2 is 2.04 bits per heavy atom. The van der Waals surface area contributed by atoms with Gasteiger partial charge < -0.3 is 0 Å². The summed E-state index contributed by atoms with van der Waals surface area (Å²) in [6.07, 6.45) is 6.26. The van der Waals surface area contributed by atoms with Gasteiger partial charge in [0, 0.05) is 0 Å². The Morgan fingerprint density at radius 3 is 2.65 bits per heavy atom. The maximum atomic E-state index is 13.2. The molecule has 1 aliphatic heterocycles. The zero-order valence-corrected chi connectivity index (χ0v) is 14.2. The van der Waals surface area contributed by atoms with Crippen LogP contribution in [0.1, 0.15) is 46.0 Å². The second kappa shape index (κ2) is 7.40.